The highest BCUT2D eigenvalue weighted by Gasteiger charge is 2.39. The fourth-order valence-corrected chi connectivity index (χ4v) is 4.54. The lowest BCUT2D eigenvalue weighted by molar-refractivity contribution is -0.147. The number of piperazine rings is 1. The van der Waals surface area contributed by atoms with Gasteiger partial charge in [0.05, 0.1) is 6.42 Å². The van der Waals surface area contributed by atoms with Gasteiger partial charge in [0.25, 0.3) is 0 Å². The largest absolute Gasteiger partial charge is 0.441 e. The number of para-hydroxylation sites is 2. The van der Waals surface area contributed by atoms with Gasteiger partial charge in [-0.05, 0) is 50.9 Å². The monoisotopic (exact) mass is 382 g/mol. The molecule has 5 rings (SSSR count). The Labute approximate surface area is 164 Å². The molecular formula is C21H26N4O3. The third kappa shape index (κ3) is 3.39. The minimum Gasteiger partial charge on any atom is -0.441 e. The Hall–Kier alpha value is -2.41. The summed E-state index contributed by atoms with van der Waals surface area (Å²) in [6, 6.07) is 7.77. The molecule has 1 aromatic heterocycles. The van der Waals surface area contributed by atoms with E-state index in [9.17, 15) is 9.59 Å². The van der Waals surface area contributed by atoms with Gasteiger partial charge in [-0.1, -0.05) is 12.1 Å². The lowest BCUT2D eigenvalue weighted by atomic mass is 9.93. The molecule has 3 heterocycles. The first-order chi connectivity index (χ1) is 13.7. The van der Waals surface area contributed by atoms with Gasteiger partial charge in [0, 0.05) is 25.0 Å². The molecule has 3 aliphatic rings. The van der Waals surface area contributed by atoms with Gasteiger partial charge < -0.3 is 19.5 Å². The van der Waals surface area contributed by atoms with Crippen molar-refractivity contribution >= 4 is 22.9 Å². The average Bonchev–Trinajstić information content (AvgIpc) is 3.49. The maximum atomic E-state index is 13.2. The van der Waals surface area contributed by atoms with Gasteiger partial charge in [-0.15, -0.1) is 0 Å². The zero-order valence-electron chi connectivity index (χ0n) is 16.0. The molecule has 1 aromatic carbocycles. The van der Waals surface area contributed by atoms with Crippen molar-refractivity contribution in [1.82, 2.24) is 20.1 Å². The van der Waals surface area contributed by atoms with Crippen LogP contribution in [0.5, 0.6) is 0 Å². The highest BCUT2D eigenvalue weighted by molar-refractivity contribution is 5.90. The van der Waals surface area contributed by atoms with Crippen LogP contribution in [0.25, 0.3) is 11.1 Å². The molecule has 3 fully saturated rings. The number of hydrogen-bond acceptors (Lipinski definition) is 5. The van der Waals surface area contributed by atoms with Crippen LogP contribution in [0, 0.1) is 5.92 Å². The van der Waals surface area contributed by atoms with Crippen molar-refractivity contribution in [3.63, 3.8) is 0 Å². The highest BCUT2D eigenvalue weighted by Crippen LogP contribution is 2.32. The summed E-state index contributed by atoms with van der Waals surface area (Å²) in [5, 5.41) is 2.89. The molecule has 148 valence electrons. The number of carbonyl (C=O) groups excluding carboxylic acids is 2. The van der Waals surface area contributed by atoms with Crippen molar-refractivity contribution < 1.29 is 14.0 Å². The van der Waals surface area contributed by atoms with Gasteiger partial charge in [0.2, 0.25) is 11.8 Å². The van der Waals surface area contributed by atoms with Crippen molar-refractivity contribution in [3.8, 4) is 0 Å². The summed E-state index contributed by atoms with van der Waals surface area (Å²) in [5.41, 5.74) is 1.48. The van der Waals surface area contributed by atoms with Crippen LogP contribution < -0.4 is 5.32 Å². The SMILES string of the molecule is O=C1NCCN(C(=O)C2CCN(C3CC3)CC2)C1Cc1nc2ccccc2o1. The Bertz CT molecular complexity index is 850. The van der Waals surface area contributed by atoms with Crippen molar-refractivity contribution in [2.75, 3.05) is 26.2 Å². The number of hydrogen-bond donors (Lipinski definition) is 1. The molecule has 2 aliphatic heterocycles. The lowest BCUT2D eigenvalue weighted by Gasteiger charge is -2.39. The first-order valence-corrected chi connectivity index (χ1v) is 10.4. The van der Waals surface area contributed by atoms with Gasteiger partial charge in [-0.25, -0.2) is 4.98 Å². The molecule has 7 nitrogen and oxygen atoms in total. The van der Waals surface area contributed by atoms with E-state index in [1.807, 2.05) is 24.3 Å². The molecule has 7 heteroatoms. The summed E-state index contributed by atoms with van der Waals surface area (Å²) in [5.74, 6) is 0.528. The maximum absolute atomic E-state index is 13.2. The summed E-state index contributed by atoms with van der Waals surface area (Å²) in [6.07, 6.45) is 4.70. The van der Waals surface area contributed by atoms with E-state index >= 15 is 0 Å². The summed E-state index contributed by atoms with van der Waals surface area (Å²) >= 11 is 0. The maximum Gasteiger partial charge on any atom is 0.243 e. The zero-order chi connectivity index (χ0) is 19.1. The van der Waals surface area contributed by atoms with E-state index in [4.69, 9.17) is 4.42 Å². The minimum absolute atomic E-state index is 0.0204. The second-order valence-electron chi connectivity index (χ2n) is 8.16. The number of aromatic nitrogens is 1. The number of nitrogens with zero attached hydrogens (tertiary/aromatic N) is 3. The van der Waals surface area contributed by atoms with E-state index in [2.05, 4.69) is 15.2 Å². The standard InChI is InChI=1S/C21H26N4O3/c26-20-17(13-19-23-16-3-1-2-4-18(16)28-19)25(12-9-22-20)21(27)14-7-10-24(11-8-14)15-5-6-15/h1-4,14-15,17H,5-13H2,(H,22,26). The van der Waals surface area contributed by atoms with Crippen LogP contribution in [0.15, 0.2) is 28.7 Å². The number of rotatable bonds is 4. The van der Waals surface area contributed by atoms with Crippen LogP contribution in [0.4, 0.5) is 0 Å². The molecule has 1 aliphatic carbocycles. The minimum atomic E-state index is -0.546. The Balaban J connectivity index is 1.30. The summed E-state index contributed by atoms with van der Waals surface area (Å²) in [6.45, 7) is 3.06. The van der Waals surface area contributed by atoms with E-state index in [1.54, 1.807) is 4.90 Å². The van der Waals surface area contributed by atoms with E-state index < -0.39 is 6.04 Å². The van der Waals surface area contributed by atoms with E-state index in [0.29, 0.717) is 31.0 Å². The molecular weight excluding hydrogens is 356 g/mol. The molecule has 1 saturated carbocycles. The fraction of sp³-hybridized carbons (Fsp3) is 0.571. The van der Waals surface area contributed by atoms with Crippen LogP contribution in [0.1, 0.15) is 31.6 Å². The van der Waals surface area contributed by atoms with Crippen molar-refractivity contribution in [2.45, 2.75) is 44.2 Å². The number of likely N-dealkylation sites (tertiary alicyclic amines) is 1. The molecule has 2 saturated heterocycles. The van der Waals surface area contributed by atoms with Gasteiger partial charge in [-0.3, -0.25) is 9.59 Å². The topological polar surface area (TPSA) is 78.7 Å². The zero-order valence-corrected chi connectivity index (χ0v) is 16.0. The summed E-state index contributed by atoms with van der Waals surface area (Å²) in [4.78, 5) is 34.6. The van der Waals surface area contributed by atoms with Crippen LogP contribution in [0.2, 0.25) is 0 Å². The number of oxazole rings is 1. The molecule has 28 heavy (non-hydrogen) atoms. The quantitative estimate of drug-likeness (QED) is 0.868. The molecule has 1 unspecified atom stereocenters. The Kier molecular flexibility index (Phi) is 4.55. The van der Waals surface area contributed by atoms with Gasteiger partial charge in [0.15, 0.2) is 11.5 Å². The predicted molar refractivity (Wildman–Crippen MR) is 104 cm³/mol. The molecule has 2 aromatic rings. The van der Waals surface area contributed by atoms with E-state index in [1.165, 1.54) is 12.8 Å². The fourth-order valence-electron chi connectivity index (χ4n) is 4.54. The lowest BCUT2D eigenvalue weighted by Crippen LogP contribution is -2.59. The van der Waals surface area contributed by atoms with Gasteiger partial charge >= 0.3 is 0 Å². The van der Waals surface area contributed by atoms with Crippen LogP contribution in [-0.4, -0.2) is 64.9 Å². The van der Waals surface area contributed by atoms with Crippen LogP contribution >= 0.6 is 0 Å². The van der Waals surface area contributed by atoms with Crippen LogP contribution in [0.3, 0.4) is 0 Å². The Morgan fingerprint density at radius 1 is 1.14 bits per heavy atom. The summed E-state index contributed by atoms with van der Waals surface area (Å²) < 4.78 is 5.80. The van der Waals surface area contributed by atoms with Gasteiger partial charge in [0.1, 0.15) is 11.6 Å². The number of carbonyl (C=O) groups is 2. The first kappa shape index (κ1) is 17.7. The molecule has 0 bridgehead atoms. The molecule has 1 N–H and O–H groups in total. The number of benzene rings is 1. The van der Waals surface area contributed by atoms with Gasteiger partial charge in [-0.2, -0.15) is 0 Å². The predicted octanol–water partition coefficient (Wildman–Crippen LogP) is 1.57. The number of amides is 2. The van der Waals surface area contributed by atoms with E-state index in [-0.39, 0.29) is 17.7 Å². The smallest absolute Gasteiger partial charge is 0.243 e. The Morgan fingerprint density at radius 3 is 2.68 bits per heavy atom. The van der Waals surface area contributed by atoms with Crippen molar-refractivity contribution in [1.29, 1.82) is 0 Å². The van der Waals surface area contributed by atoms with Crippen molar-refractivity contribution in [2.24, 2.45) is 5.92 Å². The molecule has 1 atom stereocenters. The number of piperidine rings is 1. The highest BCUT2D eigenvalue weighted by atomic mass is 16.3. The number of fused-ring (bicyclic) bond motifs is 1. The normalized spacial score (nSPS) is 24.5. The average molecular weight is 382 g/mol. The molecule has 0 radical (unpaired) electrons. The third-order valence-corrected chi connectivity index (χ3v) is 6.26. The molecule has 2 amide bonds. The first-order valence-electron chi connectivity index (χ1n) is 10.4. The third-order valence-electron chi connectivity index (χ3n) is 6.26. The van der Waals surface area contributed by atoms with E-state index in [0.717, 1.165) is 37.5 Å². The summed E-state index contributed by atoms with van der Waals surface area (Å²) in [7, 11) is 0. The molecule has 0 spiro atoms. The number of nitrogens with one attached hydrogen (secondary N) is 1. The van der Waals surface area contributed by atoms with Crippen LogP contribution in [-0.2, 0) is 16.0 Å². The second kappa shape index (κ2) is 7.20. The second-order valence-corrected chi connectivity index (χ2v) is 8.16. The van der Waals surface area contributed by atoms with Crippen molar-refractivity contribution in [3.05, 3.63) is 30.2 Å². The Morgan fingerprint density at radius 2 is 1.93 bits per heavy atom.